The summed E-state index contributed by atoms with van der Waals surface area (Å²) in [6, 6.07) is 29.1. The number of ether oxygens (including phenoxy) is 1. The summed E-state index contributed by atoms with van der Waals surface area (Å²) in [6.07, 6.45) is -0.0183. The van der Waals surface area contributed by atoms with Crippen LogP contribution in [0, 0.1) is 5.92 Å². The van der Waals surface area contributed by atoms with E-state index >= 15 is 0 Å². The molecule has 1 saturated heterocycles. The predicted octanol–water partition coefficient (Wildman–Crippen LogP) is 4.79. The lowest BCUT2D eigenvalue weighted by molar-refractivity contribution is -0.131. The van der Waals surface area contributed by atoms with Crippen molar-refractivity contribution in [3.63, 3.8) is 0 Å². The molecule has 0 N–H and O–H groups in total. The maximum absolute atomic E-state index is 13.1. The molecule has 1 fully saturated rings. The third-order valence-electron chi connectivity index (χ3n) is 5.42. The van der Waals surface area contributed by atoms with Gasteiger partial charge in [-0.15, -0.1) is 0 Å². The van der Waals surface area contributed by atoms with Crippen LogP contribution in [0.15, 0.2) is 91.0 Å². The number of amides is 2. The summed E-state index contributed by atoms with van der Waals surface area (Å²) in [5.41, 5.74) is 1.77. The third-order valence-corrected chi connectivity index (χ3v) is 5.42. The highest BCUT2D eigenvalue weighted by Crippen LogP contribution is 2.40. The van der Waals surface area contributed by atoms with Crippen LogP contribution in [0.1, 0.15) is 23.6 Å². The number of hydrogen-bond acceptors (Lipinski definition) is 3. The molecule has 1 atom stereocenters. The summed E-state index contributed by atoms with van der Waals surface area (Å²) in [4.78, 5) is 27.2. The minimum Gasteiger partial charge on any atom is -0.431 e. The Morgan fingerprint density at radius 2 is 1.38 bits per heavy atom. The average Bonchev–Trinajstić information content (AvgIpc) is 3.13. The molecule has 1 unspecified atom stereocenters. The third kappa shape index (κ3) is 3.66. The molecule has 2 amide bonds. The van der Waals surface area contributed by atoms with Gasteiger partial charge in [-0.2, -0.15) is 0 Å². The van der Waals surface area contributed by atoms with Gasteiger partial charge in [0.15, 0.2) is 5.60 Å². The number of cyclic esters (lactones) is 1. The zero-order chi connectivity index (χ0) is 20.3. The Bertz CT molecular complexity index is 947. The number of carbonyl (C=O) groups is 2. The molecule has 146 valence electrons. The van der Waals surface area contributed by atoms with Crippen LogP contribution in [0.3, 0.4) is 0 Å². The lowest BCUT2D eigenvalue weighted by atomic mass is 9.86. The summed E-state index contributed by atoms with van der Waals surface area (Å²) in [5.74, 6) is -0.542. The van der Waals surface area contributed by atoms with E-state index in [-0.39, 0.29) is 18.4 Å². The van der Waals surface area contributed by atoms with Gasteiger partial charge >= 0.3 is 6.09 Å². The smallest absolute Gasteiger partial charge is 0.418 e. The van der Waals surface area contributed by atoms with Crippen molar-refractivity contribution in [3.05, 3.63) is 108 Å². The molecule has 0 radical (unpaired) electrons. The Hall–Kier alpha value is -3.40. The van der Waals surface area contributed by atoms with E-state index in [1.807, 2.05) is 97.9 Å². The standard InChI is InChI=1S/C25H23NO3/c1-19(17-20-11-5-2-6-12-20)23(27)26-18-25(29-24(26)28,21-13-7-3-8-14-21)22-15-9-4-10-16-22/h2-16,19H,17-18H2,1H3. The number of imide groups is 1. The largest absolute Gasteiger partial charge is 0.431 e. The molecule has 4 heteroatoms. The van der Waals surface area contributed by atoms with Crippen LogP contribution in [0.4, 0.5) is 4.79 Å². The number of carbonyl (C=O) groups excluding carboxylic acids is 2. The van der Waals surface area contributed by atoms with Crippen molar-refractivity contribution in [2.24, 2.45) is 5.92 Å². The first-order chi connectivity index (χ1) is 14.1. The minimum atomic E-state index is -0.998. The number of benzene rings is 3. The Labute approximate surface area is 170 Å². The zero-order valence-corrected chi connectivity index (χ0v) is 16.3. The van der Waals surface area contributed by atoms with E-state index in [9.17, 15) is 9.59 Å². The second-order valence-electron chi connectivity index (χ2n) is 7.44. The normalized spacial score (nSPS) is 16.3. The van der Waals surface area contributed by atoms with E-state index in [4.69, 9.17) is 4.74 Å². The van der Waals surface area contributed by atoms with Crippen molar-refractivity contribution in [2.45, 2.75) is 18.9 Å². The van der Waals surface area contributed by atoms with Crippen molar-refractivity contribution in [1.82, 2.24) is 4.90 Å². The maximum Gasteiger partial charge on any atom is 0.418 e. The quantitative estimate of drug-likeness (QED) is 0.634. The molecule has 1 aliphatic rings. The van der Waals surface area contributed by atoms with Crippen molar-refractivity contribution < 1.29 is 14.3 Å². The van der Waals surface area contributed by atoms with E-state index in [0.29, 0.717) is 6.42 Å². The molecule has 0 saturated carbocycles. The monoisotopic (exact) mass is 385 g/mol. The summed E-state index contributed by atoms with van der Waals surface area (Å²) < 4.78 is 5.92. The molecule has 4 rings (SSSR count). The Morgan fingerprint density at radius 1 is 0.897 bits per heavy atom. The molecule has 0 aromatic heterocycles. The van der Waals surface area contributed by atoms with Crippen LogP contribution in [-0.2, 0) is 21.6 Å². The Morgan fingerprint density at radius 3 is 1.90 bits per heavy atom. The van der Waals surface area contributed by atoms with Crippen LogP contribution in [0.5, 0.6) is 0 Å². The van der Waals surface area contributed by atoms with Crippen LogP contribution < -0.4 is 0 Å². The molecule has 4 nitrogen and oxygen atoms in total. The highest BCUT2D eigenvalue weighted by Gasteiger charge is 2.50. The number of hydrogen-bond donors (Lipinski definition) is 0. The molecule has 0 bridgehead atoms. The van der Waals surface area contributed by atoms with Gasteiger partial charge in [-0.25, -0.2) is 9.69 Å². The predicted molar refractivity (Wildman–Crippen MR) is 111 cm³/mol. The van der Waals surface area contributed by atoms with E-state index in [0.717, 1.165) is 16.7 Å². The number of nitrogens with zero attached hydrogens (tertiary/aromatic N) is 1. The van der Waals surface area contributed by atoms with Crippen LogP contribution in [0.2, 0.25) is 0 Å². The highest BCUT2D eigenvalue weighted by molar-refractivity contribution is 5.95. The van der Waals surface area contributed by atoms with Gasteiger partial charge in [0, 0.05) is 17.0 Å². The summed E-state index contributed by atoms with van der Waals surface area (Å²) in [5, 5.41) is 0. The molecular weight excluding hydrogens is 362 g/mol. The second kappa shape index (κ2) is 7.92. The zero-order valence-electron chi connectivity index (χ0n) is 16.3. The van der Waals surface area contributed by atoms with Gasteiger partial charge in [0.25, 0.3) is 0 Å². The van der Waals surface area contributed by atoms with Gasteiger partial charge in [-0.3, -0.25) is 4.79 Å². The van der Waals surface area contributed by atoms with Gasteiger partial charge in [0.05, 0.1) is 6.54 Å². The lowest BCUT2D eigenvalue weighted by Crippen LogP contribution is -2.39. The first-order valence-electron chi connectivity index (χ1n) is 9.79. The van der Waals surface area contributed by atoms with Gasteiger partial charge in [0.2, 0.25) is 5.91 Å². The van der Waals surface area contributed by atoms with Gasteiger partial charge in [-0.05, 0) is 12.0 Å². The molecule has 1 heterocycles. The summed E-state index contributed by atoms with van der Waals surface area (Å²) in [6.45, 7) is 2.02. The average molecular weight is 385 g/mol. The molecule has 3 aromatic rings. The first-order valence-corrected chi connectivity index (χ1v) is 9.79. The Balaban J connectivity index is 1.64. The second-order valence-corrected chi connectivity index (χ2v) is 7.44. The van der Waals surface area contributed by atoms with Gasteiger partial charge in [0.1, 0.15) is 0 Å². The van der Waals surface area contributed by atoms with E-state index < -0.39 is 11.7 Å². The van der Waals surface area contributed by atoms with Crippen molar-refractivity contribution in [3.8, 4) is 0 Å². The number of rotatable bonds is 5. The molecule has 3 aromatic carbocycles. The first kappa shape index (κ1) is 18.9. The fourth-order valence-electron chi connectivity index (χ4n) is 3.89. The minimum absolute atomic E-state index is 0.165. The highest BCUT2D eigenvalue weighted by atomic mass is 16.6. The molecular formula is C25H23NO3. The van der Waals surface area contributed by atoms with Crippen molar-refractivity contribution in [1.29, 1.82) is 0 Å². The SMILES string of the molecule is CC(Cc1ccccc1)C(=O)N1CC(c2ccccc2)(c2ccccc2)OC1=O. The van der Waals surface area contributed by atoms with E-state index in [1.165, 1.54) is 4.90 Å². The van der Waals surface area contributed by atoms with Crippen molar-refractivity contribution >= 4 is 12.0 Å². The van der Waals surface area contributed by atoms with Crippen LogP contribution in [-0.4, -0.2) is 23.4 Å². The topological polar surface area (TPSA) is 46.6 Å². The van der Waals surface area contributed by atoms with Gasteiger partial charge in [-0.1, -0.05) is 97.9 Å². The molecule has 1 aliphatic heterocycles. The van der Waals surface area contributed by atoms with E-state index in [2.05, 4.69) is 0 Å². The molecule has 0 spiro atoms. The summed E-state index contributed by atoms with van der Waals surface area (Å²) >= 11 is 0. The fourth-order valence-corrected chi connectivity index (χ4v) is 3.89. The van der Waals surface area contributed by atoms with Gasteiger partial charge < -0.3 is 4.74 Å². The van der Waals surface area contributed by atoms with Crippen LogP contribution in [0.25, 0.3) is 0 Å². The molecule has 29 heavy (non-hydrogen) atoms. The summed E-state index contributed by atoms with van der Waals surface area (Å²) in [7, 11) is 0. The Kier molecular flexibility index (Phi) is 5.17. The van der Waals surface area contributed by atoms with Crippen LogP contribution >= 0.6 is 0 Å². The van der Waals surface area contributed by atoms with Crippen molar-refractivity contribution in [2.75, 3.05) is 6.54 Å². The molecule has 0 aliphatic carbocycles. The lowest BCUT2D eigenvalue weighted by Gasteiger charge is -2.28. The maximum atomic E-state index is 13.1. The van der Waals surface area contributed by atoms with E-state index in [1.54, 1.807) is 0 Å². The fraction of sp³-hybridized carbons (Fsp3) is 0.200.